The molecule has 2 rings (SSSR count). The highest BCUT2D eigenvalue weighted by atomic mass is 35.5. The molecule has 0 radical (unpaired) electrons. The van der Waals surface area contributed by atoms with Crippen molar-refractivity contribution >= 4 is 50.7 Å². The summed E-state index contributed by atoms with van der Waals surface area (Å²) in [5.41, 5.74) is -0.953. The fourth-order valence-electron chi connectivity index (χ4n) is 3.57. The van der Waals surface area contributed by atoms with Crippen LogP contribution in [0.25, 0.3) is 0 Å². The maximum atomic E-state index is 13.6. The van der Waals surface area contributed by atoms with E-state index in [1.54, 1.807) is 19.1 Å². The maximum Gasteiger partial charge on any atom is 0.416 e. The van der Waals surface area contributed by atoms with Gasteiger partial charge in [0.15, 0.2) is 0 Å². The molecule has 0 fully saturated rings. The van der Waals surface area contributed by atoms with E-state index in [0.717, 1.165) is 24.5 Å². The van der Waals surface area contributed by atoms with Crippen LogP contribution in [0.4, 0.5) is 18.9 Å². The van der Waals surface area contributed by atoms with Crippen LogP contribution in [-0.2, 0) is 32.3 Å². The summed E-state index contributed by atoms with van der Waals surface area (Å²) in [6.07, 6.45) is -3.09. The summed E-state index contributed by atoms with van der Waals surface area (Å²) in [5.74, 6) is -1.25. The zero-order valence-corrected chi connectivity index (χ0v) is 22.8. The number of hydrogen-bond acceptors (Lipinski definition) is 4. The third-order valence-electron chi connectivity index (χ3n) is 5.43. The second kappa shape index (κ2) is 12.8. The number of amides is 2. The van der Waals surface area contributed by atoms with Crippen LogP contribution in [0, 0.1) is 0 Å². The molecular formula is C24H28Cl2F3N3O4S. The lowest BCUT2D eigenvalue weighted by molar-refractivity contribution is -0.140. The van der Waals surface area contributed by atoms with E-state index in [4.69, 9.17) is 23.2 Å². The Balaban J connectivity index is 2.51. The maximum absolute atomic E-state index is 13.6. The summed E-state index contributed by atoms with van der Waals surface area (Å²) in [4.78, 5) is 27.6. The molecular weight excluding hydrogens is 554 g/mol. The Bertz CT molecular complexity index is 1230. The van der Waals surface area contributed by atoms with Crippen molar-refractivity contribution < 1.29 is 31.2 Å². The number of alkyl halides is 3. The van der Waals surface area contributed by atoms with Gasteiger partial charge in [0, 0.05) is 23.1 Å². The molecule has 0 saturated carbocycles. The molecule has 0 aromatic heterocycles. The predicted molar refractivity (Wildman–Crippen MR) is 138 cm³/mol. The third-order valence-corrected chi connectivity index (χ3v) is 7.16. The number of halogens is 5. The molecule has 0 aliphatic rings. The topological polar surface area (TPSA) is 86.8 Å². The smallest absolute Gasteiger partial charge is 0.354 e. The summed E-state index contributed by atoms with van der Waals surface area (Å²) in [6.45, 7) is 2.91. The monoisotopic (exact) mass is 581 g/mol. The Morgan fingerprint density at radius 1 is 1.08 bits per heavy atom. The van der Waals surface area contributed by atoms with Crippen LogP contribution in [-0.4, -0.2) is 50.5 Å². The molecule has 1 N–H and O–H groups in total. The Morgan fingerprint density at radius 3 is 2.30 bits per heavy atom. The van der Waals surface area contributed by atoms with Gasteiger partial charge >= 0.3 is 6.18 Å². The standard InChI is InChI=1S/C24H28Cl2F3N3O4S/c1-4-11-30-23(34)21(5-2)31(14-16-9-10-18(25)13-20(16)26)22(33)15-32(37(3,35)36)19-8-6-7-17(12-19)24(27,28)29/h6-10,12-13,21H,4-5,11,14-15H2,1-3H3,(H,30,34). The van der Waals surface area contributed by atoms with Gasteiger partial charge in [0.1, 0.15) is 12.6 Å². The zero-order chi connectivity index (χ0) is 28.0. The summed E-state index contributed by atoms with van der Waals surface area (Å²) in [7, 11) is -4.19. The molecule has 0 bridgehead atoms. The van der Waals surface area contributed by atoms with Crippen LogP contribution in [0.2, 0.25) is 10.0 Å². The lowest BCUT2D eigenvalue weighted by atomic mass is 10.1. The van der Waals surface area contributed by atoms with Crippen LogP contribution in [0.5, 0.6) is 0 Å². The fraction of sp³-hybridized carbons (Fsp3) is 0.417. The van der Waals surface area contributed by atoms with Gasteiger partial charge in [-0.15, -0.1) is 0 Å². The number of hydrogen-bond donors (Lipinski definition) is 1. The number of carbonyl (C=O) groups is 2. The number of nitrogens with one attached hydrogen (secondary N) is 1. The molecule has 1 unspecified atom stereocenters. The highest BCUT2D eigenvalue weighted by molar-refractivity contribution is 7.92. The van der Waals surface area contributed by atoms with E-state index in [2.05, 4.69) is 5.32 Å². The van der Waals surface area contributed by atoms with Gasteiger partial charge < -0.3 is 10.2 Å². The number of carbonyl (C=O) groups excluding carboxylic acids is 2. The van der Waals surface area contributed by atoms with Crippen LogP contribution in [0.3, 0.4) is 0 Å². The van der Waals surface area contributed by atoms with Crippen molar-refractivity contribution in [3.63, 3.8) is 0 Å². The third kappa shape index (κ3) is 8.51. The van der Waals surface area contributed by atoms with Crippen molar-refractivity contribution in [2.75, 3.05) is 23.7 Å². The first-order valence-corrected chi connectivity index (χ1v) is 14.0. The van der Waals surface area contributed by atoms with E-state index >= 15 is 0 Å². The summed E-state index contributed by atoms with van der Waals surface area (Å²) < 4.78 is 65.5. The van der Waals surface area contributed by atoms with Crippen LogP contribution in [0.15, 0.2) is 42.5 Å². The lowest BCUT2D eigenvalue weighted by Gasteiger charge is -2.33. The highest BCUT2D eigenvalue weighted by Crippen LogP contribution is 2.32. The minimum atomic E-state index is -4.72. The van der Waals surface area contributed by atoms with Crippen molar-refractivity contribution in [1.82, 2.24) is 10.2 Å². The normalized spacial score (nSPS) is 12.6. The molecule has 1 atom stereocenters. The number of nitrogens with zero attached hydrogens (tertiary/aromatic N) is 2. The van der Waals surface area contributed by atoms with Crippen molar-refractivity contribution in [2.24, 2.45) is 0 Å². The lowest BCUT2D eigenvalue weighted by Crippen LogP contribution is -2.52. The van der Waals surface area contributed by atoms with Crippen molar-refractivity contribution in [1.29, 1.82) is 0 Å². The molecule has 2 amide bonds. The Labute approximate surface area is 224 Å². The van der Waals surface area contributed by atoms with E-state index in [-0.39, 0.29) is 23.7 Å². The number of benzene rings is 2. The van der Waals surface area contributed by atoms with E-state index in [1.165, 1.54) is 11.0 Å². The molecule has 204 valence electrons. The summed E-state index contributed by atoms with van der Waals surface area (Å²) in [5, 5.41) is 3.31. The van der Waals surface area contributed by atoms with Gasteiger partial charge in [0.25, 0.3) is 0 Å². The fourth-order valence-corrected chi connectivity index (χ4v) is 4.88. The molecule has 37 heavy (non-hydrogen) atoms. The predicted octanol–water partition coefficient (Wildman–Crippen LogP) is 5.11. The second-order valence-electron chi connectivity index (χ2n) is 8.29. The first-order chi connectivity index (χ1) is 17.2. The first-order valence-electron chi connectivity index (χ1n) is 11.3. The average molecular weight is 582 g/mol. The van der Waals surface area contributed by atoms with Gasteiger partial charge in [-0.1, -0.05) is 49.2 Å². The second-order valence-corrected chi connectivity index (χ2v) is 11.0. The van der Waals surface area contributed by atoms with Crippen LogP contribution in [0.1, 0.15) is 37.8 Å². The van der Waals surface area contributed by atoms with E-state index in [9.17, 15) is 31.2 Å². The van der Waals surface area contributed by atoms with Crippen LogP contribution >= 0.6 is 23.2 Å². The summed E-state index contributed by atoms with van der Waals surface area (Å²) in [6, 6.07) is 7.26. The minimum Gasteiger partial charge on any atom is -0.354 e. The molecule has 0 heterocycles. The van der Waals surface area contributed by atoms with Crippen molar-refractivity contribution in [2.45, 2.75) is 45.5 Å². The molecule has 2 aromatic rings. The molecule has 0 spiro atoms. The van der Waals surface area contributed by atoms with Crippen molar-refractivity contribution in [3.05, 3.63) is 63.6 Å². The van der Waals surface area contributed by atoms with Crippen molar-refractivity contribution in [3.8, 4) is 0 Å². The summed E-state index contributed by atoms with van der Waals surface area (Å²) >= 11 is 12.3. The van der Waals surface area contributed by atoms with Crippen LogP contribution < -0.4 is 9.62 Å². The Morgan fingerprint density at radius 2 is 1.76 bits per heavy atom. The highest BCUT2D eigenvalue weighted by Gasteiger charge is 2.34. The largest absolute Gasteiger partial charge is 0.416 e. The van der Waals surface area contributed by atoms with Gasteiger partial charge in [-0.05, 0) is 48.7 Å². The van der Waals surface area contributed by atoms with Gasteiger partial charge in [0.05, 0.1) is 17.5 Å². The molecule has 0 aliphatic heterocycles. The molecule has 0 aliphatic carbocycles. The number of sulfonamides is 1. The van der Waals surface area contributed by atoms with E-state index in [1.807, 2.05) is 6.92 Å². The minimum absolute atomic E-state index is 0.160. The Kier molecular flexibility index (Phi) is 10.7. The zero-order valence-electron chi connectivity index (χ0n) is 20.5. The molecule has 2 aromatic carbocycles. The SMILES string of the molecule is CCCNC(=O)C(CC)N(Cc1ccc(Cl)cc1Cl)C(=O)CN(c1cccc(C(F)(F)F)c1)S(C)(=O)=O. The van der Waals surface area contributed by atoms with Gasteiger partial charge in [-0.25, -0.2) is 8.42 Å². The van der Waals surface area contributed by atoms with E-state index < -0.39 is 46.2 Å². The van der Waals surface area contributed by atoms with E-state index in [0.29, 0.717) is 33.9 Å². The van der Waals surface area contributed by atoms with Gasteiger partial charge in [-0.2, -0.15) is 13.2 Å². The van der Waals surface area contributed by atoms with Gasteiger partial charge in [-0.3, -0.25) is 13.9 Å². The molecule has 13 heteroatoms. The molecule has 0 saturated heterocycles. The first kappa shape index (κ1) is 30.7. The number of anilines is 1. The average Bonchev–Trinajstić information content (AvgIpc) is 2.81. The molecule has 7 nitrogen and oxygen atoms in total. The quantitative estimate of drug-likeness (QED) is 0.399. The van der Waals surface area contributed by atoms with Gasteiger partial charge in [0.2, 0.25) is 21.8 Å². The Hall–Kier alpha value is -2.50. The number of rotatable bonds is 11.